The highest BCUT2D eigenvalue weighted by Crippen LogP contribution is 2.01. The van der Waals surface area contributed by atoms with E-state index in [1.165, 1.54) is 12.4 Å². The van der Waals surface area contributed by atoms with Crippen LogP contribution in [0.4, 0.5) is 0 Å². The first-order valence-electron chi connectivity index (χ1n) is 4.97. The molecular formula is C10H14ClN3O2. The highest BCUT2D eigenvalue weighted by Gasteiger charge is 2.07. The largest absolute Gasteiger partial charge is 0.377 e. The fourth-order valence-corrected chi connectivity index (χ4v) is 1.15. The number of ether oxygens (including phenoxy) is 1. The summed E-state index contributed by atoms with van der Waals surface area (Å²) >= 11 is 5.61. The van der Waals surface area contributed by atoms with E-state index < -0.39 is 0 Å². The summed E-state index contributed by atoms with van der Waals surface area (Å²) in [6.07, 6.45) is 2.90. The number of amides is 1. The second kappa shape index (κ2) is 6.40. The summed E-state index contributed by atoms with van der Waals surface area (Å²) in [5.41, 5.74) is 0.206. The van der Waals surface area contributed by atoms with Gasteiger partial charge in [-0.1, -0.05) is 11.6 Å². The highest BCUT2D eigenvalue weighted by atomic mass is 35.5. The average molecular weight is 244 g/mol. The van der Waals surface area contributed by atoms with E-state index in [-0.39, 0.29) is 22.9 Å². The third kappa shape index (κ3) is 4.55. The van der Waals surface area contributed by atoms with Crippen molar-refractivity contribution in [3.63, 3.8) is 0 Å². The topological polar surface area (TPSA) is 64.1 Å². The number of aromatic nitrogens is 2. The molecular weight excluding hydrogens is 230 g/mol. The van der Waals surface area contributed by atoms with Gasteiger partial charge in [-0.15, -0.1) is 0 Å². The van der Waals surface area contributed by atoms with Crippen molar-refractivity contribution < 1.29 is 9.53 Å². The Balaban J connectivity index is 2.35. The Kier molecular flexibility index (Phi) is 5.14. The standard InChI is InChI=1S/C10H14ClN3O2/c1-7(2)16-4-3-13-10(15)8-5-12-6-9(11)14-8/h5-7H,3-4H2,1-2H3,(H,13,15). The molecule has 1 aromatic rings. The fourth-order valence-electron chi connectivity index (χ4n) is 1.00. The molecule has 1 rings (SSSR count). The van der Waals surface area contributed by atoms with Gasteiger partial charge in [0, 0.05) is 6.54 Å². The van der Waals surface area contributed by atoms with Crippen LogP contribution in [0.5, 0.6) is 0 Å². The molecule has 1 aromatic heterocycles. The van der Waals surface area contributed by atoms with Crippen molar-refractivity contribution in [1.29, 1.82) is 0 Å². The van der Waals surface area contributed by atoms with Gasteiger partial charge in [0.05, 0.1) is 25.1 Å². The van der Waals surface area contributed by atoms with Crippen LogP contribution in [-0.4, -0.2) is 35.1 Å². The minimum Gasteiger partial charge on any atom is -0.377 e. The van der Waals surface area contributed by atoms with Crippen LogP contribution in [0.2, 0.25) is 5.15 Å². The van der Waals surface area contributed by atoms with Gasteiger partial charge >= 0.3 is 0 Å². The molecule has 0 bridgehead atoms. The van der Waals surface area contributed by atoms with E-state index in [2.05, 4.69) is 15.3 Å². The van der Waals surface area contributed by atoms with E-state index in [0.29, 0.717) is 13.2 Å². The molecule has 0 unspecified atom stereocenters. The number of carbonyl (C=O) groups is 1. The van der Waals surface area contributed by atoms with Gasteiger partial charge < -0.3 is 10.1 Å². The molecule has 6 heteroatoms. The minimum atomic E-state index is -0.303. The third-order valence-corrected chi connectivity index (χ3v) is 1.86. The molecule has 5 nitrogen and oxygen atoms in total. The summed E-state index contributed by atoms with van der Waals surface area (Å²) < 4.78 is 5.28. The first-order chi connectivity index (χ1) is 7.59. The molecule has 0 aliphatic carbocycles. The second-order valence-corrected chi connectivity index (χ2v) is 3.79. The predicted molar refractivity (Wildman–Crippen MR) is 60.5 cm³/mol. The van der Waals surface area contributed by atoms with E-state index in [1.807, 2.05) is 13.8 Å². The summed E-state index contributed by atoms with van der Waals surface area (Å²) in [4.78, 5) is 19.1. The molecule has 1 amide bonds. The van der Waals surface area contributed by atoms with E-state index in [9.17, 15) is 4.79 Å². The molecule has 0 spiro atoms. The summed E-state index contributed by atoms with van der Waals surface area (Å²) in [6.45, 7) is 4.77. The van der Waals surface area contributed by atoms with E-state index in [4.69, 9.17) is 16.3 Å². The molecule has 1 N–H and O–H groups in total. The van der Waals surface area contributed by atoms with Crippen LogP contribution in [0.15, 0.2) is 12.4 Å². The van der Waals surface area contributed by atoms with Gasteiger partial charge in [0.25, 0.3) is 5.91 Å². The number of nitrogens with zero attached hydrogens (tertiary/aromatic N) is 2. The van der Waals surface area contributed by atoms with Crippen LogP contribution < -0.4 is 5.32 Å². The number of hydrogen-bond donors (Lipinski definition) is 1. The van der Waals surface area contributed by atoms with Crippen molar-refractivity contribution in [3.05, 3.63) is 23.2 Å². The number of hydrogen-bond acceptors (Lipinski definition) is 4. The van der Waals surface area contributed by atoms with Crippen molar-refractivity contribution in [2.75, 3.05) is 13.2 Å². The predicted octanol–water partition coefficient (Wildman–Crippen LogP) is 1.28. The zero-order valence-corrected chi connectivity index (χ0v) is 9.99. The maximum Gasteiger partial charge on any atom is 0.271 e. The summed E-state index contributed by atoms with van der Waals surface area (Å²) in [6, 6.07) is 0. The molecule has 0 saturated heterocycles. The van der Waals surface area contributed by atoms with Crippen molar-refractivity contribution in [2.45, 2.75) is 20.0 Å². The maximum absolute atomic E-state index is 11.5. The van der Waals surface area contributed by atoms with Crippen LogP contribution in [0, 0.1) is 0 Å². The zero-order valence-electron chi connectivity index (χ0n) is 9.24. The van der Waals surface area contributed by atoms with Gasteiger partial charge in [0.15, 0.2) is 0 Å². The monoisotopic (exact) mass is 243 g/mol. The lowest BCUT2D eigenvalue weighted by Crippen LogP contribution is -2.28. The fraction of sp³-hybridized carbons (Fsp3) is 0.500. The highest BCUT2D eigenvalue weighted by molar-refractivity contribution is 6.29. The van der Waals surface area contributed by atoms with Gasteiger partial charge in [-0.2, -0.15) is 0 Å². The molecule has 0 aliphatic heterocycles. The van der Waals surface area contributed by atoms with Gasteiger partial charge in [0.2, 0.25) is 0 Å². The molecule has 0 radical (unpaired) electrons. The third-order valence-electron chi connectivity index (χ3n) is 1.68. The normalized spacial score (nSPS) is 10.5. The molecule has 0 atom stereocenters. The van der Waals surface area contributed by atoms with Crippen LogP contribution in [0.1, 0.15) is 24.3 Å². The van der Waals surface area contributed by atoms with Crippen molar-refractivity contribution >= 4 is 17.5 Å². The Labute approximate surface area is 99.2 Å². The van der Waals surface area contributed by atoms with Gasteiger partial charge in [-0.3, -0.25) is 9.78 Å². The lowest BCUT2D eigenvalue weighted by atomic mass is 10.4. The molecule has 0 aromatic carbocycles. The maximum atomic E-state index is 11.5. The van der Waals surface area contributed by atoms with Crippen LogP contribution in [0.3, 0.4) is 0 Å². The first kappa shape index (κ1) is 12.9. The van der Waals surface area contributed by atoms with E-state index >= 15 is 0 Å². The van der Waals surface area contributed by atoms with Gasteiger partial charge in [-0.05, 0) is 13.8 Å². The SMILES string of the molecule is CC(C)OCCNC(=O)c1cncc(Cl)n1. The average Bonchev–Trinajstić information content (AvgIpc) is 2.24. The van der Waals surface area contributed by atoms with E-state index in [0.717, 1.165) is 0 Å². The lowest BCUT2D eigenvalue weighted by molar-refractivity contribution is 0.0744. The van der Waals surface area contributed by atoms with Crippen molar-refractivity contribution in [1.82, 2.24) is 15.3 Å². The molecule has 0 saturated carbocycles. The van der Waals surface area contributed by atoms with Crippen LogP contribution >= 0.6 is 11.6 Å². The quantitative estimate of drug-likeness (QED) is 0.792. The zero-order chi connectivity index (χ0) is 12.0. The molecule has 1 heterocycles. The Morgan fingerprint density at radius 3 is 2.94 bits per heavy atom. The number of halogens is 1. The summed E-state index contributed by atoms with van der Waals surface area (Å²) in [5, 5.41) is 2.86. The van der Waals surface area contributed by atoms with Crippen molar-refractivity contribution in [3.8, 4) is 0 Å². The molecule has 88 valence electrons. The second-order valence-electron chi connectivity index (χ2n) is 3.40. The lowest BCUT2D eigenvalue weighted by Gasteiger charge is -2.08. The Morgan fingerprint density at radius 2 is 2.31 bits per heavy atom. The van der Waals surface area contributed by atoms with Gasteiger partial charge in [-0.25, -0.2) is 4.98 Å². The van der Waals surface area contributed by atoms with Gasteiger partial charge in [0.1, 0.15) is 10.8 Å². The van der Waals surface area contributed by atoms with Crippen LogP contribution in [-0.2, 0) is 4.74 Å². The number of nitrogens with one attached hydrogen (secondary N) is 1. The van der Waals surface area contributed by atoms with E-state index in [1.54, 1.807) is 0 Å². The molecule has 0 aliphatic rings. The number of carbonyl (C=O) groups excluding carboxylic acids is 1. The first-order valence-corrected chi connectivity index (χ1v) is 5.34. The van der Waals surface area contributed by atoms with Crippen LogP contribution in [0.25, 0.3) is 0 Å². The smallest absolute Gasteiger partial charge is 0.271 e. The molecule has 16 heavy (non-hydrogen) atoms. The Morgan fingerprint density at radius 1 is 1.56 bits per heavy atom. The Bertz CT molecular complexity index is 358. The summed E-state index contributed by atoms with van der Waals surface area (Å²) in [7, 11) is 0. The summed E-state index contributed by atoms with van der Waals surface area (Å²) in [5.74, 6) is -0.303. The molecule has 0 fully saturated rings. The van der Waals surface area contributed by atoms with Crippen molar-refractivity contribution in [2.24, 2.45) is 0 Å². The number of rotatable bonds is 5. The minimum absolute atomic E-state index is 0.155. The Hall–Kier alpha value is -1.20.